The molecule has 0 aliphatic carbocycles. The molecule has 0 aromatic heterocycles. The van der Waals surface area contributed by atoms with Gasteiger partial charge in [0.15, 0.2) is 0 Å². The minimum absolute atomic E-state index is 0.217. The van der Waals surface area contributed by atoms with E-state index in [0.29, 0.717) is 13.0 Å². The molecule has 0 aliphatic rings. The Balaban J connectivity index is 2.66. The summed E-state index contributed by atoms with van der Waals surface area (Å²) < 4.78 is 0. The van der Waals surface area contributed by atoms with Crippen LogP contribution >= 0.6 is 0 Å². The van der Waals surface area contributed by atoms with Gasteiger partial charge in [0.05, 0.1) is 0 Å². The van der Waals surface area contributed by atoms with Crippen molar-refractivity contribution in [2.45, 2.75) is 40.2 Å². The van der Waals surface area contributed by atoms with Crippen LogP contribution in [0.15, 0.2) is 12.1 Å². The van der Waals surface area contributed by atoms with E-state index in [0.717, 1.165) is 13.0 Å². The fourth-order valence-corrected chi connectivity index (χ4v) is 2.39. The second-order valence-corrected chi connectivity index (χ2v) is 5.33. The maximum Gasteiger partial charge on any atom is 0.222 e. The van der Waals surface area contributed by atoms with E-state index in [-0.39, 0.29) is 5.91 Å². The van der Waals surface area contributed by atoms with E-state index in [1.165, 1.54) is 22.3 Å². The number of carbonyl (C=O) groups excluding carboxylic acids is 1. The van der Waals surface area contributed by atoms with Gasteiger partial charge in [-0.05, 0) is 57.5 Å². The lowest BCUT2D eigenvalue weighted by atomic mass is 9.99. The van der Waals surface area contributed by atoms with Crippen molar-refractivity contribution in [1.82, 2.24) is 10.2 Å². The molecule has 0 spiro atoms. The molecular weight excluding hydrogens is 236 g/mol. The molecular formula is C16H26N2O. The van der Waals surface area contributed by atoms with Gasteiger partial charge in [-0.1, -0.05) is 17.7 Å². The highest BCUT2D eigenvalue weighted by Gasteiger charge is 2.12. The molecule has 106 valence electrons. The molecule has 19 heavy (non-hydrogen) atoms. The molecule has 0 heterocycles. The molecule has 1 aromatic carbocycles. The lowest BCUT2D eigenvalue weighted by molar-refractivity contribution is -0.130. The van der Waals surface area contributed by atoms with E-state index in [1.54, 1.807) is 0 Å². The van der Waals surface area contributed by atoms with Gasteiger partial charge in [-0.15, -0.1) is 0 Å². The Bertz CT molecular complexity index is 417. The summed E-state index contributed by atoms with van der Waals surface area (Å²) in [5, 5.41) is 3.07. The number of nitrogens with zero attached hydrogens (tertiary/aromatic N) is 1. The number of amides is 1. The van der Waals surface area contributed by atoms with Gasteiger partial charge < -0.3 is 10.2 Å². The quantitative estimate of drug-likeness (QED) is 0.799. The molecule has 1 rings (SSSR count). The lowest BCUT2D eigenvalue weighted by Gasteiger charge is -2.20. The van der Waals surface area contributed by atoms with Crippen LogP contribution < -0.4 is 5.32 Å². The normalized spacial score (nSPS) is 10.6. The maximum absolute atomic E-state index is 12.0. The molecule has 1 amide bonds. The monoisotopic (exact) mass is 262 g/mol. The number of hydrogen-bond donors (Lipinski definition) is 1. The van der Waals surface area contributed by atoms with E-state index >= 15 is 0 Å². The number of carbonyl (C=O) groups is 1. The third kappa shape index (κ3) is 4.67. The molecule has 3 nitrogen and oxygen atoms in total. The summed E-state index contributed by atoms with van der Waals surface area (Å²) in [4.78, 5) is 13.8. The van der Waals surface area contributed by atoms with Gasteiger partial charge in [0.1, 0.15) is 0 Å². The fourth-order valence-electron chi connectivity index (χ4n) is 2.39. The Morgan fingerprint density at radius 1 is 1.21 bits per heavy atom. The van der Waals surface area contributed by atoms with Crippen LogP contribution in [-0.4, -0.2) is 31.4 Å². The molecule has 0 saturated heterocycles. The molecule has 0 radical (unpaired) electrons. The highest BCUT2D eigenvalue weighted by Crippen LogP contribution is 2.18. The molecule has 0 atom stereocenters. The molecule has 0 unspecified atom stereocenters. The van der Waals surface area contributed by atoms with Gasteiger partial charge in [0.2, 0.25) is 5.91 Å². The topological polar surface area (TPSA) is 32.3 Å². The van der Waals surface area contributed by atoms with Crippen LogP contribution in [0.25, 0.3) is 0 Å². The first-order chi connectivity index (χ1) is 8.95. The van der Waals surface area contributed by atoms with E-state index < -0.39 is 0 Å². The highest BCUT2D eigenvalue weighted by molar-refractivity contribution is 5.75. The lowest BCUT2D eigenvalue weighted by Crippen LogP contribution is -2.27. The number of hydrogen-bond acceptors (Lipinski definition) is 2. The van der Waals surface area contributed by atoms with Crippen molar-refractivity contribution in [2.75, 3.05) is 20.6 Å². The molecule has 1 aromatic rings. The van der Waals surface area contributed by atoms with Crippen molar-refractivity contribution in [2.24, 2.45) is 0 Å². The summed E-state index contributed by atoms with van der Waals surface area (Å²) in [6.07, 6.45) is 1.51. The van der Waals surface area contributed by atoms with Crippen LogP contribution in [0.4, 0.5) is 0 Å². The first-order valence-electron chi connectivity index (χ1n) is 6.91. The number of rotatable bonds is 6. The second-order valence-electron chi connectivity index (χ2n) is 5.33. The predicted octanol–water partition coefficient (Wildman–Crippen LogP) is 2.57. The van der Waals surface area contributed by atoms with E-state index in [2.05, 4.69) is 38.2 Å². The summed E-state index contributed by atoms with van der Waals surface area (Å²) in [5.41, 5.74) is 5.09. The van der Waals surface area contributed by atoms with E-state index in [1.807, 2.05) is 19.0 Å². The minimum atomic E-state index is 0.217. The molecule has 0 saturated carbocycles. The first-order valence-corrected chi connectivity index (χ1v) is 6.91. The summed E-state index contributed by atoms with van der Waals surface area (Å²) >= 11 is 0. The highest BCUT2D eigenvalue weighted by atomic mass is 16.2. The molecule has 3 heteroatoms. The average Bonchev–Trinajstić information content (AvgIpc) is 2.33. The van der Waals surface area contributed by atoms with Gasteiger partial charge in [-0.25, -0.2) is 0 Å². The van der Waals surface area contributed by atoms with E-state index in [4.69, 9.17) is 0 Å². The van der Waals surface area contributed by atoms with Gasteiger partial charge >= 0.3 is 0 Å². The summed E-state index contributed by atoms with van der Waals surface area (Å²) in [6, 6.07) is 4.36. The summed E-state index contributed by atoms with van der Waals surface area (Å²) in [6.45, 7) is 7.94. The van der Waals surface area contributed by atoms with Crippen molar-refractivity contribution in [1.29, 1.82) is 0 Å². The SMILES string of the molecule is CNCCCC(=O)N(C)Cc1c(C)cc(C)cc1C. The van der Waals surface area contributed by atoms with Gasteiger partial charge in [0, 0.05) is 20.0 Å². The van der Waals surface area contributed by atoms with Gasteiger partial charge in [-0.2, -0.15) is 0 Å². The van der Waals surface area contributed by atoms with Crippen molar-refractivity contribution in [3.63, 3.8) is 0 Å². The van der Waals surface area contributed by atoms with Gasteiger partial charge in [-0.3, -0.25) is 4.79 Å². The summed E-state index contributed by atoms with van der Waals surface area (Å²) in [5.74, 6) is 0.217. The maximum atomic E-state index is 12.0. The molecule has 1 N–H and O–H groups in total. The zero-order valence-electron chi connectivity index (χ0n) is 12.8. The average molecular weight is 262 g/mol. The van der Waals surface area contributed by atoms with Crippen LogP contribution in [0, 0.1) is 20.8 Å². The van der Waals surface area contributed by atoms with Crippen LogP contribution in [-0.2, 0) is 11.3 Å². The predicted molar refractivity (Wildman–Crippen MR) is 80.3 cm³/mol. The van der Waals surface area contributed by atoms with Gasteiger partial charge in [0.25, 0.3) is 0 Å². The van der Waals surface area contributed by atoms with Crippen LogP contribution in [0.2, 0.25) is 0 Å². The van der Waals surface area contributed by atoms with Crippen molar-refractivity contribution >= 4 is 5.91 Å². The third-order valence-electron chi connectivity index (χ3n) is 3.48. The number of aryl methyl sites for hydroxylation is 3. The summed E-state index contributed by atoms with van der Waals surface area (Å²) in [7, 11) is 3.80. The van der Waals surface area contributed by atoms with Crippen LogP contribution in [0.1, 0.15) is 35.1 Å². The Morgan fingerprint density at radius 3 is 2.32 bits per heavy atom. The largest absolute Gasteiger partial charge is 0.341 e. The van der Waals surface area contributed by atoms with Crippen LogP contribution in [0.3, 0.4) is 0 Å². The Hall–Kier alpha value is -1.35. The zero-order chi connectivity index (χ0) is 14.4. The number of benzene rings is 1. The molecule has 0 aliphatic heterocycles. The van der Waals surface area contributed by atoms with E-state index in [9.17, 15) is 4.79 Å². The fraction of sp³-hybridized carbons (Fsp3) is 0.562. The Kier molecular flexibility index (Phi) is 6.03. The van der Waals surface area contributed by atoms with Crippen molar-refractivity contribution < 1.29 is 4.79 Å². The molecule has 0 fully saturated rings. The standard InChI is InChI=1S/C16H26N2O/c1-12-9-13(2)15(14(3)10-12)11-18(5)16(19)7-6-8-17-4/h9-10,17H,6-8,11H2,1-5H3. The Labute approximate surface area is 117 Å². The number of nitrogens with one attached hydrogen (secondary N) is 1. The first kappa shape index (κ1) is 15.7. The van der Waals surface area contributed by atoms with Crippen molar-refractivity contribution in [3.05, 3.63) is 34.4 Å². The zero-order valence-corrected chi connectivity index (χ0v) is 12.8. The minimum Gasteiger partial charge on any atom is -0.341 e. The molecule has 0 bridgehead atoms. The second kappa shape index (κ2) is 7.29. The third-order valence-corrected chi connectivity index (χ3v) is 3.48. The van der Waals surface area contributed by atoms with Crippen LogP contribution in [0.5, 0.6) is 0 Å². The smallest absolute Gasteiger partial charge is 0.222 e. The van der Waals surface area contributed by atoms with Crippen molar-refractivity contribution in [3.8, 4) is 0 Å². The Morgan fingerprint density at radius 2 is 1.79 bits per heavy atom.